The molecule has 0 bridgehead atoms. The maximum absolute atomic E-state index is 12.3. The molecule has 0 saturated carbocycles. The van der Waals surface area contributed by atoms with E-state index in [4.69, 9.17) is 21.1 Å². The van der Waals surface area contributed by atoms with Gasteiger partial charge in [-0.1, -0.05) is 67.9 Å². The molecular weight excluding hydrogens is 434 g/mol. The van der Waals surface area contributed by atoms with Gasteiger partial charge in [-0.05, 0) is 64.6 Å². The summed E-state index contributed by atoms with van der Waals surface area (Å²) in [6, 6.07) is 22.4. The minimum atomic E-state index is -0.511. The van der Waals surface area contributed by atoms with Gasteiger partial charge in [-0.15, -0.1) is 0 Å². The fourth-order valence-electron chi connectivity index (χ4n) is 3.13. The van der Waals surface area contributed by atoms with E-state index < -0.39 is 5.97 Å². The third-order valence-electron chi connectivity index (χ3n) is 5.00. The van der Waals surface area contributed by atoms with Crippen LogP contribution in [0.5, 0.6) is 11.5 Å². The van der Waals surface area contributed by atoms with E-state index in [2.05, 4.69) is 19.9 Å². The van der Waals surface area contributed by atoms with Crippen LogP contribution in [0.25, 0.3) is 17.7 Å². The van der Waals surface area contributed by atoms with E-state index in [0.717, 1.165) is 16.7 Å². The summed E-state index contributed by atoms with van der Waals surface area (Å²) in [6.07, 6.45) is 4.82. The summed E-state index contributed by atoms with van der Waals surface area (Å²) < 4.78 is 10.8. The van der Waals surface area contributed by atoms with Crippen LogP contribution >= 0.6 is 11.6 Å². The summed E-state index contributed by atoms with van der Waals surface area (Å²) in [6.45, 7) is 4.27. The van der Waals surface area contributed by atoms with E-state index >= 15 is 0 Å². The molecule has 0 aromatic heterocycles. The van der Waals surface area contributed by atoms with Crippen LogP contribution in [-0.4, -0.2) is 13.1 Å². The van der Waals surface area contributed by atoms with Crippen molar-refractivity contribution in [1.29, 1.82) is 5.26 Å². The van der Waals surface area contributed by atoms with Gasteiger partial charge in [0.2, 0.25) is 0 Å². The zero-order valence-electron chi connectivity index (χ0n) is 18.7. The Bertz CT molecular complexity index is 1220. The van der Waals surface area contributed by atoms with Crippen molar-refractivity contribution in [1.82, 2.24) is 0 Å². The summed E-state index contributed by atoms with van der Waals surface area (Å²) in [4.78, 5) is 12.3. The van der Waals surface area contributed by atoms with Crippen LogP contribution in [0.15, 0.2) is 72.8 Å². The summed E-state index contributed by atoms with van der Waals surface area (Å²) in [5.74, 6) is 0.627. The number of hydrogen-bond donors (Lipinski definition) is 0. The molecule has 0 aliphatic heterocycles. The Morgan fingerprint density at radius 2 is 1.64 bits per heavy atom. The third kappa shape index (κ3) is 6.58. The Labute approximate surface area is 199 Å². The van der Waals surface area contributed by atoms with Crippen LogP contribution in [0.3, 0.4) is 0 Å². The molecule has 33 heavy (non-hydrogen) atoms. The number of rotatable bonds is 7. The number of nitrogens with zero attached hydrogens (tertiary/aromatic N) is 1. The second-order valence-electron chi connectivity index (χ2n) is 7.66. The van der Waals surface area contributed by atoms with Crippen molar-refractivity contribution in [2.45, 2.75) is 19.8 Å². The van der Waals surface area contributed by atoms with Gasteiger partial charge in [0.05, 0.1) is 18.8 Å². The number of esters is 1. The first kappa shape index (κ1) is 23.8. The lowest BCUT2D eigenvalue weighted by atomic mass is 10.0. The normalized spacial score (nSPS) is 11.5. The highest BCUT2D eigenvalue weighted by Gasteiger charge is 2.10. The van der Waals surface area contributed by atoms with E-state index in [1.807, 2.05) is 24.3 Å². The molecule has 0 amide bonds. The number of benzene rings is 3. The second kappa shape index (κ2) is 11.2. The van der Waals surface area contributed by atoms with Gasteiger partial charge in [0.25, 0.3) is 0 Å². The molecule has 0 aliphatic carbocycles. The fraction of sp³-hybridized carbons (Fsp3) is 0.143. The molecule has 166 valence electrons. The Morgan fingerprint density at radius 3 is 2.24 bits per heavy atom. The van der Waals surface area contributed by atoms with Crippen molar-refractivity contribution in [3.63, 3.8) is 0 Å². The quantitative estimate of drug-likeness (QED) is 0.124. The maximum Gasteiger partial charge on any atom is 0.336 e. The van der Waals surface area contributed by atoms with Crippen LogP contribution in [0.1, 0.15) is 42.0 Å². The monoisotopic (exact) mass is 457 g/mol. The summed E-state index contributed by atoms with van der Waals surface area (Å²) in [5, 5.41) is 10.1. The van der Waals surface area contributed by atoms with Crippen LogP contribution in [0.2, 0.25) is 5.02 Å². The molecule has 3 rings (SSSR count). The third-order valence-corrected chi connectivity index (χ3v) is 5.25. The molecule has 0 saturated heterocycles. The standard InChI is InChI=1S/C28H24ClNO3/c1-19(2)22-8-4-20(5-9-22)7-15-28(31)33-26-14-6-21(17-27(26)32-3)16-24(18-30)23-10-12-25(29)13-11-23/h4-17,19H,1-3H3/b15-7+,24-16+. The predicted molar refractivity (Wildman–Crippen MR) is 133 cm³/mol. The molecule has 0 unspecified atom stereocenters. The summed E-state index contributed by atoms with van der Waals surface area (Å²) in [7, 11) is 1.50. The van der Waals surface area contributed by atoms with Crippen LogP contribution in [0, 0.1) is 11.3 Å². The molecule has 0 spiro atoms. The van der Waals surface area contributed by atoms with Gasteiger partial charge in [0.1, 0.15) is 0 Å². The molecule has 3 aromatic carbocycles. The lowest BCUT2D eigenvalue weighted by Crippen LogP contribution is -2.05. The van der Waals surface area contributed by atoms with E-state index in [9.17, 15) is 10.1 Å². The number of allylic oxidation sites excluding steroid dienone is 1. The summed E-state index contributed by atoms with van der Waals surface area (Å²) >= 11 is 5.93. The molecule has 0 N–H and O–H groups in total. The van der Waals surface area contributed by atoms with Gasteiger partial charge in [-0.3, -0.25) is 0 Å². The first-order valence-corrected chi connectivity index (χ1v) is 10.8. The second-order valence-corrected chi connectivity index (χ2v) is 8.10. The Hall–Kier alpha value is -3.81. The number of ether oxygens (including phenoxy) is 2. The van der Waals surface area contributed by atoms with Gasteiger partial charge in [-0.25, -0.2) is 4.79 Å². The smallest absolute Gasteiger partial charge is 0.336 e. The van der Waals surface area contributed by atoms with Crippen LogP contribution in [0.4, 0.5) is 0 Å². The van der Waals surface area contributed by atoms with Crippen molar-refractivity contribution >= 4 is 35.3 Å². The molecule has 0 heterocycles. The Balaban J connectivity index is 1.74. The number of hydrogen-bond acceptors (Lipinski definition) is 4. The van der Waals surface area contributed by atoms with Crippen molar-refractivity contribution < 1.29 is 14.3 Å². The number of carbonyl (C=O) groups is 1. The number of halogens is 1. The fourth-order valence-corrected chi connectivity index (χ4v) is 3.26. The average molecular weight is 458 g/mol. The minimum Gasteiger partial charge on any atom is -0.493 e. The number of carbonyl (C=O) groups excluding carboxylic acids is 1. The first-order valence-electron chi connectivity index (χ1n) is 10.4. The molecule has 0 aliphatic rings. The van der Waals surface area contributed by atoms with Gasteiger partial charge >= 0.3 is 5.97 Å². The van der Waals surface area contributed by atoms with E-state index in [0.29, 0.717) is 28.0 Å². The van der Waals surface area contributed by atoms with Gasteiger partial charge in [0.15, 0.2) is 11.5 Å². The SMILES string of the molecule is COc1cc(/C=C(\C#N)c2ccc(Cl)cc2)ccc1OC(=O)/C=C/c1ccc(C(C)C)cc1. The maximum atomic E-state index is 12.3. The molecule has 4 nitrogen and oxygen atoms in total. The first-order chi connectivity index (χ1) is 15.9. The predicted octanol–water partition coefficient (Wildman–Crippen LogP) is 7.15. The van der Waals surface area contributed by atoms with E-state index in [1.165, 1.54) is 18.7 Å². The Kier molecular flexibility index (Phi) is 8.07. The van der Waals surface area contributed by atoms with Gasteiger partial charge in [0, 0.05) is 11.1 Å². The lowest BCUT2D eigenvalue weighted by molar-refractivity contribution is -0.129. The lowest BCUT2D eigenvalue weighted by Gasteiger charge is -2.09. The van der Waals surface area contributed by atoms with Crippen LogP contribution in [-0.2, 0) is 4.79 Å². The topological polar surface area (TPSA) is 59.3 Å². The average Bonchev–Trinajstić information content (AvgIpc) is 2.83. The van der Waals surface area contributed by atoms with E-state index in [1.54, 1.807) is 54.6 Å². The Morgan fingerprint density at radius 1 is 0.970 bits per heavy atom. The van der Waals surface area contributed by atoms with Crippen molar-refractivity contribution in [3.8, 4) is 17.6 Å². The van der Waals surface area contributed by atoms with E-state index in [-0.39, 0.29) is 0 Å². The number of nitriles is 1. The molecule has 3 aromatic rings. The number of methoxy groups -OCH3 is 1. The molecule has 0 atom stereocenters. The highest BCUT2D eigenvalue weighted by atomic mass is 35.5. The summed E-state index contributed by atoms with van der Waals surface area (Å²) in [5.41, 5.74) is 4.12. The largest absolute Gasteiger partial charge is 0.493 e. The van der Waals surface area contributed by atoms with Crippen LogP contribution < -0.4 is 9.47 Å². The van der Waals surface area contributed by atoms with Crippen molar-refractivity contribution in [2.24, 2.45) is 0 Å². The highest BCUT2D eigenvalue weighted by molar-refractivity contribution is 6.30. The van der Waals surface area contributed by atoms with Crippen molar-refractivity contribution in [3.05, 3.63) is 100 Å². The molecule has 0 fully saturated rings. The minimum absolute atomic E-state index is 0.296. The van der Waals surface area contributed by atoms with Crippen molar-refractivity contribution in [2.75, 3.05) is 7.11 Å². The highest BCUT2D eigenvalue weighted by Crippen LogP contribution is 2.30. The molecule has 0 radical (unpaired) electrons. The van der Waals surface area contributed by atoms with Gasteiger partial charge in [-0.2, -0.15) is 5.26 Å². The zero-order chi connectivity index (χ0) is 23.8. The molecule has 5 heteroatoms. The zero-order valence-corrected chi connectivity index (χ0v) is 19.5. The van der Waals surface area contributed by atoms with Gasteiger partial charge < -0.3 is 9.47 Å². The molecular formula is C28H24ClNO3.